The number of anilines is 1. The lowest BCUT2D eigenvalue weighted by atomic mass is 9.95. The third-order valence-corrected chi connectivity index (χ3v) is 6.69. The Morgan fingerprint density at radius 2 is 1.56 bits per heavy atom. The van der Waals surface area contributed by atoms with Gasteiger partial charge in [0.05, 0.1) is 17.3 Å². The summed E-state index contributed by atoms with van der Waals surface area (Å²) in [5, 5.41) is 6.07. The first kappa shape index (κ1) is 23.7. The number of rotatable bonds is 7. The summed E-state index contributed by atoms with van der Waals surface area (Å²) in [6.07, 6.45) is 1.63. The summed E-state index contributed by atoms with van der Waals surface area (Å²) in [6, 6.07) is 25.4. The first-order valence-corrected chi connectivity index (χ1v) is 12.0. The van der Waals surface area contributed by atoms with E-state index in [2.05, 4.69) is 46.7 Å². The molecule has 2 amide bonds. The quantitative estimate of drug-likeness (QED) is 0.506. The number of para-hydroxylation sites is 1. The van der Waals surface area contributed by atoms with Crippen molar-refractivity contribution >= 4 is 17.5 Å². The van der Waals surface area contributed by atoms with E-state index >= 15 is 0 Å². The van der Waals surface area contributed by atoms with Gasteiger partial charge in [0.2, 0.25) is 5.91 Å². The third-order valence-electron chi connectivity index (χ3n) is 6.69. The maximum atomic E-state index is 13.0. The molecule has 0 radical (unpaired) electrons. The van der Waals surface area contributed by atoms with Gasteiger partial charge in [-0.3, -0.25) is 14.5 Å². The summed E-state index contributed by atoms with van der Waals surface area (Å²) < 4.78 is 0. The molecule has 2 N–H and O–H groups in total. The first-order valence-electron chi connectivity index (χ1n) is 12.0. The summed E-state index contributed by atoms with van der Waals surface area (Å²) in [6.45, 7) is 6.80. The minimum atomic E-state index is -0.194. The fraction of sp³-hybridized carbons (Fsp3) is 0.310. The fourth-order valence-electron chi connectivity index (χ4n) is 4.51. The van der Waals surface area contributed by atoms with Gasteiger partial charge in [-0.1, -0.05) is 66.7 Å². The van der Waals surface area contributed by atoms with Crippen LogP contribution in [-0.2, 0) is 11.3 Å². The number of nitrogens with zero attached hydrogens (tertiary/aromatic N) is 1. The lowest BCUT2D eigenvalue weighted by molar-refractivity contribution is -0.121. The van der Waals surface area contributed by atoms with Gasteiger partial charge in [-0.2, -0.15) is 0 Å². The molecular formula is C29H33N3O2. The van der Waals surface area contributed by atoms with Crippen LogP contribution < -0.4 is 10.6 Å². The summed E-state index contributed by atoms with van der Waals surface area (Å²) in [5.74, 6) is -0.250. The number of carbonyl (C=O) groups excluding carboxylic acids is 2. The van der Waals surface area contributed by atoms with Crippen LogP contribution in [0.2, 0.25) is 0 Å². The topological polar surface area (TPSA) is 61.4 Å². The second-order valence-electron chi connectivity index (χ2n) is 9.12. The Bertz CT molecular complexity index is 1120. The average molecular weight is 456 g/mol. The van der Waals surface area contributed by atoms with Crippen LogP contribution in [0.5, 0.6) is 0 Å². The average Bonchev–Trinajstić information content (AvgIpc) is 2.86. The standard InChI is InChI=1S/C29H33N3O2/c1-21-10-6-7-13-25(21)20-32-18-16-24(17-19-32)28(33)31-27-15-9-8-14-26(27)29(34)30-22(2)23-11-4-3-5-12-23/h3-15,22,24H,16-20H2,1-2H3,(H,30,34)(H,31,33)/t22-/m1/s1. The van der Waals surface area contributed by atoms with Gasteiger partial charge in [-0.05, 0) is 68.6 Å². The van der Waals surface area contributed by atoms with Crippen molar-refractivity contribution in [1.29, 1.82) is 0 Å². The highest BCUT2D eigenvalue weighted by atomic mass is 16.2. The lowest BCUT2D eigenvalue weighted by Gasteiger charge is -2.31. The molecule has 0 bridgehead atoms. The van der Waals surface area contributed by atoms with E-state index in [0.717, 1.165) is 38.0 Å². The van der Waals surface area contributed by atoms with Crippen LogP contribution in [0.15, 0.2) is 78.9 Å². The SMILES string of the molecule is Cc1ccccc1CN1CCC(C(=O)Nc2ccccc2C(=O)N[C@H](C)c2ccccc2)CC1. The molecule has 3 aromatic carbocycles. The number of nitrogens with one attached hydrogen (secondary N) is 2. The number of aryl methyl sites for hydroxylation is 1. The van der Waals surface area contributed by atoms with Crippen molar-refractivity contribution in [1.82, 2.24) is 10.2 Å². The number of hydrogen-bond acceptors (Lipinski definition) is 3. The highest BCUT2D eigenvalue weighted by Gasteiger charge is 2.26. The van der Waals surface area contributed by atoms with E-state index in [4.69, 9.17) is 0 Å². The van der Waals surface area contributed by atoms with E-state index in [1.807, 2.05) is 49.4 Å². The summed E-state index contributed by atoms with van der Waals surface area (Å²) >= 11 is 0. The van der Waals surface area contributed by atoms with E-state index < -0.39 is 0 Å². The smallest absolute Gasteiger partial charge is 0.253 e. The van der Waals surface area contributed by atoms with E-state index in [9.17, 15) is 9.59 Å². The van der Waals surface area contributed by atoms with Gasteiger partial charge in [0, 0.05) is 12.5 Å². The molecule has 0 unspecified atom stereocenters. The summed E-state index contributed by atoms with van der Waals surface area (Å²) in [4.78, 5) is 28.4. The number of carbonyl (C=O) groups is 2. The van der Waals surface area contributed by atoms with Gasteiger partial charge in [0.15, 0.2) is 0 Å². The minimum Gasteiger partial charge on any atom is -0.345 e. The van der Waals surface area contributed by atoms with Gasteiger partial charge in [0.25, 0.3) is 5.91 Å². The predicted octanol–water partition coefficient (Wildman–Crippen LogP) is 5.34. The number of likely N-dealkylation sites (tertiary alicyclic amines) is 1. The van der Waals surface area contributed by atoms with E-state index in [-0.39, 0.29) is 23.8 Å². The molecule has 176 valence electrons. The van der Waals surface area contributed by atoms with Crippen LogP contribution in [-0.4, -0.2) is 29.8 Å². The van der Waals surface area contributed by atoms with Crippen molar-refractivity contribution in [2.24, 2.45) is 5.92 Å². The first-order chi connectivity index (χ1) is 16.5. The Labute approximate surface area is 202 Å². The second kappa shape index (κ2) is 11.1. The van der Waals surface area contributed by atoms with Crippen molar-refractivity contribution in [3.8, 4) is 0 Å². The molecule has 1 aliphatic rings. The van der Waals surface area contributed by atoms with Gasteiger partial charge in [0.1, 0.15) is 0 Å². The Kier molecular flexibility index (Phi) is 7.76. The molecule has 4 rings (SSSR count). The molecule has 0 aliphatic carbocycles. The molecule has 0 aromatic heterocycles. The van der Waals surface area contributed by atoms with E-state index in [1.54, 1.807) is 12.1 Å². The van der Waals surface area contributed by atoms with Gasteiger partial charge in [-0.15, -0.1) is 0 Å². The number of benzene rings is 3. The van der Waals surface area contributed by atoms with Gasteiger partial charge < -0.3 is 10.6 Å². The molecule has 5 nitrogen and oxygen atoms in total. The van der Waals surface area contributed by atoms with Gasteiger partial charge in [-0.25, -0.2) is 0 Å². The fourth-order valence-corrected chi connectivity index (χ4v) is 4.51. The monoisotopic (exact) mass is 455 g/mol. The predicted molar refractivity (Wildman–Crippen MR) is 137 cm³/mol. The Morgan fingerprint density at radius 3 is 2.29 bits per heavy atom. The maximum Gasteiger partial charge on any atom is 0.253 e. The minimum absolute atomic E-state index is 0.00750. The highest BCUT2D eigenvalue weighted by Crippen LogP contribution is 2.24. The lowest BCUT2D eigenvalue weighted by Crippen LogP contribution is -2.38. The molecule has 0 spiro atoms. The molecule has 5 heteroatoms. The third kappa shape index (κ3) is 5.91. The molecule has 34 heavy (non-hydrogen) atoms. The molecule has 1 heterocycles. The van der Waals surface area contributed by atoms with Crippen LogP contribution in [0, 0.1) is 12.8 Å². The molecule has 3 aromatic rings. The maximum absolute atomic E-state index is 13.0. The molecule has 0 saturated carbocycles. The molecule has 1 fully saturated rings. The largest absolute Gasteiger partial charge is 0.345 e. The van der Waals surface area contributed by atoms with Crippen LogP contribution >= 0.6 is 0 Å². The number of piperidine rings is 1. The molecule has 1 aliphatic heterocycles. The second-order valence-corrected chi connectivity index (χ2v) is 9.12. The highest BCUT2D eigenvalue weighted by molar-refractivity contribution is 6.04. The van der Waals surface area contributed by atoms with Crippen molar-refractivity contribution in [3.05, 3.63) is 101 Å². The Hall–Kier alpha value is -3.44. The van der Waals surface area contributed by atoms with E-state index in [0.29, 0.717) is 11.3 Å². The molecular weight excluding hydrogens is 422 g/mol. The number of amides is 2. The van der Waals surface area contributed by atoms with E-state index in [1.165, 1.54) is 11.1 Å². The van der Waals surface area contributed by atoms with Crippen LogP contribution in [0.4, 0.5) is 5.69 Å². The zero-order chi connectivity index (χ0) is 23.9. The zero-order valence-electron chi connectivity index (χ0n) is 20.0. The summed E-state index contributed by atoms with van der Waals surface area (Å²) in [7, 11) is 0. The van der Waals surface area contributed by atoms with Crippen LogP contribution in [0.25, 0.3) is 0 Å². The van der Waals surface area contributed by atoms with Crippen molar-refractivity contribution < 1.29 is 9.59 Å². The van der Waals surface area contributed by atoms with Crippen molar-refractivity contribution in [2.45, 2.75) is 39.3 Å². The zero-order valence-corrected chi connectivity index (χ0v) is 20.0. The summed E-state index contributed by atoms with van der Waals surface area (Å²) in [5.41, 5.74) is 4.73. The Balaban J connectivity index is 1.34. The van der Waals surface area contributed by atoms with Crippen molar-refractivity contribution in [2.75, 3.05) is 18.4 Å². The van der Waals surface area contributed by atoms with Gasteiger partial charge >= 0.3 is 0 Å². The van der Waals surface area contributed by atoms with Crippen molar-refractivity contribution in [3.63, 3.8) is 0 Å². The Morgan fingerprint density at radius 1 is 0.912 bits per heavy atom. The molecule has 1 saturated heterocycles. The molecule has 1 atom stereocenters. The van der Waals surface area contributed by atoms with Crippen LogP contribution in [0.3, 0.4) is 0 Å². The van der Waals surface area contributed by atoms with Crippen LogP contribution in [0.1, 0.15) is 52.9 Å². The number of hydrogen-bond donors (Lipinski definition) is 2. The normalized spacial score (nSPS) is 15.5.